The molecule has 1 aromatic rings. The number of amides is 2. The van der Waals surface area contributed by atoms with Crippen LogP contribution in [0.1, 0.15) is 32.1 Å². The van der Waals surface area contributed by atoms with Crippen LogP contribution in [-0.4, -0.2) is 95.7 Å². The van der Waals surface area contributed by atoms with Crippen molar-refractivity contribution in [1.29, 1.82) is 0 Å². The SMILES string of the molecule is O=C(O)CCCN1CCN(C(=O)N2CCC3(CC2)CCN(c2ccncc2)C3)CC1. The van der Waals surface area contributed by atoms with Crippen molar-refractivity contribution >= 4 is 17.7 Å². The summed E-state index contributed by atoms with van der Waals surface area (Å²) in [6.45, 7) is 7.81. The van der Waals surface area contributed by atoms with E-state index in [1.165, 1.54) is 12.1 Å². The van der Waals surface area contributed by atoms with Crippen LogP contribution in [0.15, 0.2) is 24.5 Å². The molecular formula is C22H33N5O3. The number of pyridine rings is 1. The van der Waals surface area contributed by atoms with Crippen molar-refractivity contribution in [2.24, 2.45) is 5.41 Å². The molecule has 3 fully saturated rings. The predicted octanol–water partition coefficient (Wildman–Crippen LogP) is 1.98. The Morgan fingerprint density at radius 2 is 1.57 bits per heavy atom. The Hall–Kier alpha value is -2.35. The normalized spacial score (nSPS) is 21.9. The Morgan fingerprint density at radius 1 is 0.933 bits per heavy atom. The summed E-state index contributed by atoms with van der Waals surface area (Å²) in [6.07, 6.45) is 7.96. The lowest BCUT2D eigenvalue weighted by Crippen LogP contribution is -2.55. The first-order valence-corrected chi connectivity index (χ1v) is 11.2. The van der Waals surface area contributed by atoms with Crippen LogP contribution in [0, 0.1) is 5.41 Å². The van der Waals surface area contributed by atoms with Crippen LogP contribution in [0.25, 0.3) is 0 Å². The van der Waals surface area contributed by atoms with Gasteiger partial charge in [-0.2, -0.15) is 0 Å². The molecule has 0 unspecified atom stereocenters. The van der Waals surface area contributed by atoms with E-state index in [9.17, 15) is 9.59 Å². The van der Waals surface area contributed by atoms with Crippen LogP contribution in [0.4, 0.5) is 10.5 Å². The Morgan fingerprint density at radius 3 is 2.23 bits per heavy atom. The Bertz CT molecular complexity index is 728. The van der Waals surface area contributed by atoms with E-state index in [1.807, 2.05) is 22.2 Å². The van der Waals surface area contributed by atoms with Gasteiger partial charge in [0.1, 0.15) is 0 Å². The van der Waals surface area contributed by atoms with Crippen molar-refractivity contribution in [3.05, 3.63) is 24.5 Å². The second-order valence-corrected chi connectivity index (χ2v) is 8.97. The number of carboxylic acid groups (broad SMARTS) is 1. The fourth-order valence-corrected chi connectivity index (χ4v) is 5.11. The van der Waals surface area contributed by atoms with E-state index >= 15 is 0 Å². The van der Waals surface area contributed by atoms with Gasteiger partial charge in [-0.3, -0.25) is 14.7 Å². The highest BCUT2D eigenvalue weighted by Crippen LogP contribution is 2.41. The van der Waals surface area contributed by atoms with Crippen molar-refractivity contribution in [2.45, 2.75) is 32.1 Å². The van der Waals surface area contributed by atoms with E-state index in [-0.39, 0.29) is 12.5 Å². The zero-order chi connectivity index (χ0) is 21.0. The summed E-state index contributed by atoms with van der Waals surface area (Å²) in [6, 6.07) is 4.34. The number of aliphatic carboxylic acids is 1. The molecule has 0 bridgehead atoms. The maximum absolute atomic E-state index is 13.0. The van der Waals surface area contributed by atoms with Crippen molar-refractivity contribution in [2.75, 3.05) is 63.8 Å². The first kappa shape index (κ1) is 20.9. The average Bonchev–Trinajstić information content (AvgIpc) is 3.18. The smallest absolute Gasteiger partial charge is 0.320 e. The van der Waals surface area contributed by atoms with Crippen molar-refractivity contribution in [1.82, 2.24) is 19.7 Å². The van der Waals surface area contributed by atoms with Crippen LogP contribution in [0.2, 0.25) is 0 Å². The Balaban J connectivity index is 1.21. The van der Waals surface area contributed by atoms with Gasteiger partial charge in [0.05, 0.1) is 0 Å². The Labute approximate surface area is 178 Å². The number of hydrogen-bond acceptors (Lipinski definition) is 5. The van der Waals surface area contributed by atoms with E-state index in [0.29, 0.717) is 11.8 Å². The van der Waals surface area contributed by atoms with Gasteiger partial charge in [0.15, 0.2) is 0 Å². The molecule has 1 aromatic heterocycles. The van der Waals surface area contributed by atoms with Gasteiger partial charge >= 0.3 is 12.0 Å². The zero-order valence-corrected chi connectivity index (χ0v) is 17.7. The van der Waals surface area contributed by atoms with E-state index in [0.717, 1.165) is 71.7 Å². The summed E-state index contributed by atoms with van der Waals surface area (Å²) < 4.78 is 0. The molecule has 0 saturated carbocycles. The highest BCUT2D eigenvalue weighted by molar-refractivity contribution is 5.74. The molecule has 0 aromatic carbocycles. The number of anilines is 1. The molecule has 2 amide bonds. The molecule has 1 spiro atoms. The number of carbonyl (C=O) groups excluding carboxylic acids is 1. The Kier molecular flexibility index (Phi) is 6.41. The minimum atomic E-state index is -0.738. The number of urea groups is 1. The van der Waals surface area contributed by atoms with Gasteiger partial charge in [-0.25, -0.2) is 4.79 Å². The number of hydrogen-bond donors (Lipinski definition) is 1. The largest absolute Gasteiger partial charge is 0.481 e. The third kappa shape index (κ3) is 4.86. The van der Waals surface area contributed by atoms with Gasteiger partial charge in [-0.15, -0.1) is 0 Å². The minimum absolute atomic E-state index is 0.180. The van der Waals surface area contributed by atoms with Gasteiger partial charge in [0.25, 0.3) is 0 Å². The lowest BCUT2D eigenvalue weighted by Gasteiger charge is -2.42. The molecule has 8 nitrogen and oxygen atoms in total. The van der Waals surface area contributed by atoms with Crippen LogP contribution in [0.3, 0.4) is 0 Å². The van der Waals surface area contributed by atoms with Crippen molar-refractivity contribution in [3.8, 4) is 0 Å². The van der Waals surface area contributed by atoms with Crippen LogP contribution < -0.4 is 4.90 Å². The van der Waals surface area contributed by atoms with Gasteiger partial charge in [0.2, 0.25) is 0 Å². The monoisotopic (exact) mass is 415 g/mol. The van der Waals surface area contributed by atoms with Crippen molar-refractivity contribution < 1.29 is 14.7 Å². The average molecular weight is 416 g/mol. The number of piperazine rings is 1. The highest BCUT2D eigenvalue weighted by atomic mass is 16.4. The molecule has 30 heavy (non-hydrogen) atoms. The molecule has 3 aliphatic heterocycles. The number of carboxylic acids is 1. The summed E-state index contributed by atoms with van der Waals surface area (Å²) in [4.78, 5) is 36.5. The minimum Gasteiger partial charge on any atom is -0.481 e. The molecule has 4 heterocycles. The number of nitrogens with zero attached hydrogens (tertiary/aromatic N) is 5. The molecule has 8 heteroatoms. The molecule has 4 rings (SSSR count). The molecule has 0 atom stereocenters. The summed E-state index contributed by atoms with van der Waals surface area (Å²) in [5.41, 5.74) is 1.59. The summed E-state index contributed by atoms with van der Waals surface area (Å²) in [7, 11) is 0. The van der Waals surface area contributed by atoms with Gasteiger partial charge in [-0.05, 0) is 49.8 Å². The number of rotatable bonds is 5. The standard InChI is InChI=1S/C22H33N5O3/c28-20(29)2-1-10-24-14-16-26(17-15-24)21(30)25-11-5-22(6-12-25)7-13-27(18-22)19-3-8-23-9-4-19/h3-4,8-9H,1-2,5-7,10-18H2,(H,28,29). The topological polar surface area (TPSA) is 80.2 Å². The first-order valence-electron chi connectivity index (χ1n) is 11.2. The van der Waals surface area contributed by atoms with Crippen LogP contribution in [0.5, 0.6) is 0 Å². The zero-order valence-electron chi connectivity index (χ0n) is 17.7. The second kappa shape index (κ2) is 9.20. The van der Waals surface area contributed by atoms with Crippen LogP contribution >= 0.6 is 0 Å². The van der Waals surface area contributed by atoms with E-state index in [1.54, 1.807) is 0 Å². The first-order chi connectivity index (χ1) is 14.5. The van der Waals surface area contributed by atoms with E-state index < -0.39 is 5.97 Å². The maximum atomic E-state index is 13.0. The van der Waals surface area contributed by atoms with E-state index in [2.05, 4.69) is 26.9 Å². The summed E-state index contributed by atoms with van der Waals surface area (Å²) in [5, 5.41) is 8.77. The number of piperidine rings is 1. The van der Waals surface area contributed by atoms with Crippen LogP contribution in [-0.2, 0) is 4.79 Å². The summed E-state index contributed by atoms with van der Waals surface area (Å²) in [5.74, 6) is -0.738. The van der Waals surface area contributed by atoms with E-state index in [4.69, 9.17) is 5.11 Å². The molecule has 1 N–H and O–H groups in total. The fraction of sp³-hybridized carbons (Fsp3) is 0.682. The van der Waals surface area contributed by atoms with Gasteiger partial charge in [-0.1, -0.05) is 0 Å². The third-order valence-corrected chi connectivity index (χ3v) is 7.07. The van der Waals surface area contributed by atoms with Gasteiger partial charge < -0.3 is 19.8 Å². The summed E-state index contributed by atoms with van der Waals surface area (Å²) >= 11 is 0. The number of carbonyl (C=O) groups is 2. The second-order valence-electron chi connectivity index (χ2n) is 8.97. The lowest BCUT2D eigenvalue weighted by atomic mass is 9.78. The highest BCUT2D eigenvalue weighted by Gasteiger charge is 2.42. The molecule has 3 saturated heterocycles. The predicted molar refractivity (Wildman–Crippen MR) is 115 cm³/mol. The van der Waals surface area contributed by atoms with Gasteiger partial charge in [0, 0.05) is 76.9 Å². The number of likely N-dealkylation sites (tertiary alicyclic amines) is 1. The number of aromatic nitrogens is 1. The lowest BCUT2D eigenvalue weighted by molar-refractivity contribution is -0.137. The molecule has 164 valence electrons. The molecular weight excluding hydrogens is 382 g/mol. The fourth-order valence-electron chi connectivity index (χ4n) is 5.11. The maximum Gasteiger partial charge on any atom is 0.320 e. The molecule has 3 aliphatic rings. The third-order valence-electron chi connectivity index (χ3n) is 7.07. The van der Waals surface area contributed by atoms with Crippen molar-refractivity contribution in [3.63, 3.8) is 0 Å². The molecule has 0 radical (unpaired) electrons. The molecule has 0 aliphatic carbocycles. The quantitative estimate of drug-likeness (QED) is 0.792.